The number of carbonyl (C=O) groups is 1. The van der Waals surface area contributed by atoms with Crippen molar-refractivity contribution in [3.05, 3.63) is 40.2 Å². The van der Waals surface area contributed by atoms with Crippen LogP contribution in [-0.2, 0) is 10.0 Å². The summed E-state index contributed by atoms with van der Waals surface area (Å²) in [5.41, 5.74) is 0.242. The molecule has 1 amide bonds. The summed E-state index contributed by atoms with van der Waals surface area (Å²) in [6.07, 6.45) is 2.64. The van der Waals surface area contributed by atoms with E-state index in [0.29, 0.717) is 48.3 Å². The number of aromatic nitrogens is 1. The van der Waals surface area contributed by atoms with E-state index in [-0.39, 0.29) is 16.4 Å². The number of piperidine rings is 1. The van der Waals surface area contributed by atoms with Crippen molar-refractivity contribution in [2.75, 3.05) is 39.3 Å². The number of hydrogen-bond donors (Lipinski definition) is 2. The number of aromatic amines is 1. The van der Waals surface area contributed by atoms with Crippen molar-refractivity contribution in [3.8, 4) is 0 Å². The molecule has 2 N–H and O–H groups in total. The molecule has 200 valence electrons. The zero-order valence-electron chi connectivity index (χ0n) is 22.3. The maximum atomic E-state index is 13.3. The normalized spacial score (nSPS) is 17.4. The van der Waals surface area contributed by atoms with Gasteiger partial charge in [-0.2, -0.15) is 4.31 Å². The molecule has 1 aliphatic heterocycles. The van der Waals surface area contributed by atoms with Crippen LogP contribution >= 0.6 is 0 Å². The number of amides is 1. The first-order valence-electron chi connectivity index (χ1n) is 13.1. The molecule has 0 radical (unpaired) electrons. The number of benzene rings is 1. The average molecular weight is 519 g/mol. The summed E-state index contributed by atoms with van der Waals surface area (Å²) in [5.74, 6) is 1.08. The minimum atomic E-state index is -3.69. The predicted molar refractivity (Wildman–Crippen MR) is 145 cm³/mol. The van der Waals surface area contributed by atoms with Crippen molar-refractivity contribution >= 4 is 26.8 Å². The van der Waals surface area contributed by atoms with Gasteiger partial charge in [-0.3, -0.25) is 9.59 Å². The molecule has 1 fully saturated rings. The fourth-order valence-electron chi connectivity index (χ4n) is 4.98. The van der Waals surface area contributed by atoms with Gasteiger partial charge in [0.1, 0.15) is 0 Å². The Balaban J connectivity index is 1.76. The number of nitrogens with one attached hydrogen (secondary N) is 2. The molecule has 1 unspecified atom stereocenters. The van der Waals surface area contributed by atoms with Crippen molar-refractivity contribution in [2.24, 2.45) is 17.8 Å². The Kier molecular flexibility index (Phi) is 9.72. The van der Waals surface area contributed by atoms with Gasteiger partial charge in [0.15, 0.2) is 0 Å². The van der Waals surface area contributed by atoms with Crippen molar-refractivity contribution in [3.63, 3.8) is 0 Å². The number of fused-ring (bicyclic) bond motifs is 1. The van der Waals surface area contributed by atoms with Gasteiger partial charge in [-0.25, -0.2) is 8.42 Å². The third kappa shape index (κ3) is 7.40. The van der Waals surface area contributed by atoms with Crippen molar-refractivity contribution in [1.82, 2.24) is 19.5 Å². The Labute approximate surface area is 215 Å². The maximum Gasteiger partial charge on any atom is 0.252 e. The van der Waals surface area contributed by atoms with Crippen LogP contribution in [0.5, 0.6) is 0 Å². The van der Waals surface area contributed by atoms with Crippen molar-refractivity contribution < 1.29 is 13.2 Å². The molecular formula is C27H42N4O4S. The van der Waals surface area contributed by atoms with Crippen LogP contribution in [0.2, 0.25) is 0 Å². The third-order valence-electron chi connectivity index (χ3n) is 6.50. The predicted octanol–water partition coefficient (Wildman–Crippen LogP) is 3.68. The summed E-state index contributed by atoms with van der Waals surface area (Å²) in [5, 5.41) is 3.36. The SMILES string of the molecule is CC(C)CN(CCCNC(=O)c1cc(=O)[nH]c2ccc(S(=O)(=O)N3CCCC(C)C3)cc12)CC(C)C. The Bertz CT molecular complexity index is 1200. The molecule has 8 nitrogen and oxygen atoms in total. The second-order valence-corrected chi connectivity index (χ2v) is 13.0. The van der Waals surface area contributed by atoms with E-state index in [1.165, 1.54) is 22.5 Å². The molecule has 0 saturated carbocycles. The number of H-pyrrole nitrogens is 1. The van der Waals surface area contributed by atoms with E-state index >= 15 is 0 Å². The standard InChI is InChI=1S/C27H42N4O4S/c1-19(2)16-30(17-20(3)4)12-7-11-28-27(33)24-15-26(32)29-25-10-9-22(14-23(24)25)36(34,35)31-13-6-8-21(5)18-31/h9-10,14-15,19-21H,6-8,11-13,16-18H2,1-5H3,(H,28,33)(H,29,32). The van der Waals surface area contributed by atoms with Gasteiger partial charge in [0.25, 0.3) is 5.91 Å². The van der Waals surface area contributed by atoms with Gasteiger partial charge in [-0.15, -0.1) is 0 Å². The summed E-state index contributed by atoms with van der Waals surface area (Å²) >= 11 is 0. The van der Waals surface area contributed by atoms with Gasteiger partial charge in [0.05, 0.1) is 10.5 Å². The lowest BCUT2D eigenvalue weighted by molar-refractivity contribution is 0.0952. The number of rotatable bonds is 11. The third-order valence-corrected chi connectivity index (χ3v) is 8.36. The van der Waals surface area contributed by atoms with Crippen LogP contribution in [0.1, 0.15) is 64.2 Å². The summed E-state index contributed by atoms with van der Waals surface area (Å²) < 4.78 is 28.1. The first kappa shape index (κ1) is 28.3. The summed E-state index contributed by atoms with van der Waals surface area (Å²) in [7, 11) is -3.69. The Hall–Kier alpha value is -2.23. The number of carbonyl (C=O) groups excluding carboxylic acids is 1. The van der Waals surface area contributed by atoms with Crippen LogP contribution < -0.4 is 10.9 Å². The smallest absolute Gasteiger partial charge is 0.252 e. The van der Waals surface area contributed by atoms with E-state index in [0.717, 1.165) is 38.9 Å². The molecule has 0 aliphatic carbocycles. The molecule has 2 aromatic rings. The van der Waals surface area contributed by atoms with E-state index in [9.17, 15) is 18.0 Å². The van der Waals surface area contributed by atoms with Crippen molar-refractivity contribution in [1.29, 1.82) is 0 Å². The quantitative estimate of drug-likeness (QED) is 0.442. The summed E-state index contributed by atoms with van der Waals surface area (Å²) in [6, 6.07) is 5.85. The number of sulfonamides is 1. The highest BCUT2D eigenvalue weighted by Gasteiger charge is 2.29. The van der Waals surface area contributed by atoms with Crippen LogP contribution in [0.4, 0.5) is 0 Å². The van der Waals surface area contributed by atoms with Crippen LogP contribution in [0.15, 0.2) is 34.0 Å². The number of nitrogens with zero attached hydrogens (tertiary/aromatic N) is 2. The molecule has 1 saturated heterocycles. The van der Waals surface area contributed by atoms with E-state index in [1.54, 1.807) is 6.07 Å². The molecule has 1 aromatic heterocycles. The van der Waals surface area contributed by atoms with Gasteiger partial charge in [-0.05, 0) is 61.8 Å². The molecule has 3 rings (SSSR count). The minimum Gasteiger partial charge on any atom is -0.352 e. The van der Waals surface area contributed by atoms with Crippen LogP contribution in [-0.4, -0.2) is 67.8 Å². The lowest BCUT2D eigenvalue weighted by Crippen LogP contribution is -2.39. The highest BCUT2D eigenvalue weighted by molar-refractivity contribution is 7.89. The highest BCUT2D eigenvalue weighted by Crippen LogP contribution is 2.26. The van der Waals surface area contributed by atoms with E-state index < -0.39 is 15.6 Å². The molecule has 0 bridgehead atoms. The Morgan fingerprint density at radius 2 is 1.86 bits per heavy atom. The zero-order valence-corrected chi connectivity index (χ0v) is 23.2. The lowest BCUT2D eigenvalue weighted by Gasteiger charge is -2.30. The van der Waals surface area contributed by atoms with Gasteiger partial charge >= 0.3 is 0 Å². The molecule has 1 aromatic carbocycles. The second-order valence-electron chi connectivity index (χ2n) is 11.0. The average Bonchev–Trinajstić information content (AvgIpc) is 2.80. The van der Waals surface area contributed by atoms with Gasteiger partial charge in [-0.1, -0.05) is 34.6 Å². The summed E-state index contributed by atoms with van der Waals surface area (Å²) in [6.45, 7) is 15.2. The van der Waals surface area contributed by atoms with Crippen LogP contribution in [0.25, 0.3) is 10.9 Å². The maximum absolute atomic E-state index is 13.3. The molecule has 2 heterocycles. The molecule has 36 heavy (non-hydrogen) atoms. The number of pyridine rings is 1. The fraction of sp³-hybridized carbons (Fsp3) is 0.630. The molecule has 9 heteroatoms. The van der Waals surface area contributed by atoms with E-state index in [1.807, 2.05) is 0 Å². The molecule has 1 aliphatic rings. The van der Waals surface area contributed by atoms with Crippen LogP contribution in [0, 0.1) is 17.8 Å². The van der Waals surface area contributed by atoms with Crippen LogP contribution in [0.3, 0.4) is 0 Å². The molecular weight excluding hydrogens is 476 g/mol. The summed E-state index contributed by atoms with van der Waals surface area (Å²) in [4.78, 5) is 30.6. The monoisotopic (exact) mass is 518 g/mol. The lowest BCUT2D eigenvalue weighted by atomic mass is 10.0. The minimum absolute atomic E-state index is 0.142. The first-order valence-corrected chi connectivity index (χ1v) is 14.6. The Morgan fingerprint density at radius 1 is 1.17 bits per heavy atom. The highest BCUT2D eigenvalue weighted by atomic mass is 32.2. The molecule has 0 spiro atoms. The largest absolute Gasteiger partial charge is 0.352 e. The van der Waals surface area contributed by atoms with Gasteiger partial charge < -0.3 is 15.2 Å². The second kappa shape index (κ2) is 12.3. The fourth-order valence-corrected chi connectivity index (χ4v) is 6.61. The van der Waals surface area contributed by atoms with Crippen molar-refractivity contribution in [2.45, 2.75) is 58.8 Å². The molecule has 1 atom stereocenters. The van der Waals surface area contributed by atoms with E-state index in [2.05, 4.69) is 49.8 Å². The number of hydrogen-bond acceptors (Lipinski definition) is 5. The Morgan fingerprint density at radius 3 is 2.50 bits per heavy atom. The zero-order chi connectivity index (χ0) is 26.5. The van der Waals surface area contributed by atoms with E-state index in [4.69, 9.17) is 0 Å². The van der Waals surface area contributed by atoms with Gasteiger partial charge in [0, 0.05) is 49.7 Å². The first-order chi connectivity index (χ1) is 17.0. The van der Waals surface area contributed by atoms with Gasteiger partial charge in [0.2, 0.25) is 15.6 Å². The topological polar surface area (TPSA) is 103 Å².